The Labute approximate surface area is 214 Å². The summed E-state index contributed by atoms with van der Waals surface area (Å²) in [6.45, 7) is 0.341. The van der Waals surface area contributed by atoms with Gasteiger partial charge in [-0.15, -0.1) is 0 Å². The molecule has 0 aromatic heterocycles. The van der Waals surface area contributed by atoms with Gasteiger partial charge >= 0.3 is 6.03 Å². The summed E-state index contributed by atoms with van der Waals surface area (Å²) in [5.74, 6) is 0.668. The van der Waals surface area contributed by atoms with Crippen LogP contribution in [0.25, 0.3) is 0 Å². The van der Waals surface area contributed by atoms with Crippen LogP contribution >= 0.6 is 15.9 Å². The molecule has 0 spiro atoms. The van der Waals surface area contributed by atoms with Crippen molar-refractivity contribution in [1.29, 1.82) is 0 Å². The average molecular weight is 568 g/mol. The molecule has 0 bridgehead atoms. The van der Waals surface area contributed by atoms with E-state index in [0.717, 1.165) is 37.7 Å². The molecule has 3 rings (SSSR count). The number of carbonyl (C=O) groups excluding carboxylic acids is 2. The lowest BCUT2D eigenvalue weighted by Gasteiger charge is -2.22. The molecule has 11 heteroatoms. The number of hydrogen-bond donors (Lipinski definition) is 3. The fraction of sp³-hybridized carbons (Fsp3) is 0.417. The lowest BCUT2D eigenvalue weighted by Crippen LogP contribution is -2.45. The van der Waals surface area contributed by atoms with Gasteiger partial charge in [0, 0.05) is 18.2 Å². The first-order valence-electron chi connectivity index (χ1n) is 11.4. The van der Waals surface area contributed by atoms with Crippen molar-refractivity contribution in [3.8, 4) is 11.5 Å². The topological polar surface area (TPSA) is 123 Å². The molecule has 9 nitrogen and oxygen atoms in total. The zero-order chi connectivity index (χ0) is 25.4. The number of halogens is 1. The van der Waals surface area contributed by atoms with Crippen molar-refractivity contribution in [3.63, 3.8) is 0 Å². The smallest absolute Gasteiger partial charge is 0.328 e. The van der Waals surface area contributed by atoms with E-state index in [-0.39, 0.29) is 16.8 Å². The minimum Gasteiger partial charge on any atom is -0.495 e. The van der Waals surface area contributed by atoms with E-state index in [2.05, 4.69) is 31.3 Å². The Morgan fingerprint density at radius 2 is 1.60 bits per heavy atom. The summed E-state index contributed by atoms with van der Waals surface area (Å²) >= 11 is 3.37. The number of hydrogen-bond acceptors (Lipinski definition) is 6. The molecule has 0 unspecified atom stereocenters. The van der Waals surface area contributed by atoms with E-state index in [1.165, 1.54) is 26.4 Å². The lowest BCUT2D eigenvalue weighted by atomic mass is 9.96. The number of ether oxygens (including phenoxy) is 2. The first kappa shape index (κ1) is 26.8. The van der Waals surface area contributed by atoms with Gasteiger partial charge in [0.1, 0.15) is 16.0 Å². The first-order chi connectivity index (χ1) is 16.7. The fourth-order valence-electron chi connectivity index (χ4n) is 3.90. The molecule has 1 saturated carbocycles. The maximum atomic E-state index is 12.6. The van der Waals surface area contributed by atoms with Gasteiger partial charge in [-0.1, -0.05) is 31.4 Å². The number of benzene rings is 2. The Balaban J connectivity index is 1.53. The molecule has 0 heterocycles. The monoisotopic (exact) mass is 567 g/mol. The zero-order valence-electron chi connectivity index (χ0n) is 19.7. The summed E-state index contributed by atoms with van der Waals surface area (Å²) in [4.78, 5) is 24.7. The SMILES string of the molecule is COc1cc(C(=O)NCCc2ccc(S(=O)(=O)NC(=O)NC3CCCCC3)cc2)cc(OC)c1Br. The molecular weight excluding hydrogens is 538 g/mol. The van der Waals surface area contributed by atoms with Crippen LogP contribution in [0, 0.1) is 0 Å². The molecule has 0 atom stereocenters. The van der Waals surface area contributed by atoms with Gasteiger partial charge in [0.05, 0.1) is 19.1 Å². The van der Waals surface area contributed by atoms with Gasteiger partial charge in [0.15, 0.2) is 0 Å². The van der Waals surface area contributed by atoms with Crippen LogP contribution < -0.4 is 24.8 Å². The van der Waals surface area contributed by atoms with Crippen LogP contribution in [0.15, 0.2) is 45.8 Å². The maximum Gasteiger partial charge on any atom is 0.328 e. The second kappa shape index (κ2) is 12.3. The molecule has 190 valence electrons. The number of nitrogens with one attached hydrogen (secondary N) is 3. The molecule has 0 radical (unpaired) electrons. The van der Waals surface area contributed by atoms with E-state index < -0.39 is 16.1 Å². The standard InChI is InChI=1S/C24H30BrN3O6S/c1-33-20-14-17(15-21(34-2)22(20)25)23(29)26-13-12-16-8-10-19(11-9-16)35(31,32)28-24(30)27-18-6-4-3-5-7-18/h8-11,14-15,18H,3-7,12-13H2,1-2H3,(H,26,29)(H2,27,28,30). The molecule has 35 heavy (non-hydrogen) atoms. The molecular formula is C24H30BrN3O6S. The maximum absolute atomic E-state index is 12.6. The highest BCUT2D eigenvalue weighted by Gasteiger charge is 2.21. The first-order valence-corrected chi connectivity index (χ1v) is 13.6. The van der Waals surface area contributed by atoms with Gasteiger partial charge in [0.2, 0.25) is 0 Å². The van der Waals surface area contributed by atoms with Crippen molar-refractivity contribution in [2.45, 2.75) is 49.5 Å². The van der Waals surface area contributed by atoms with Crippen LogP contribution in [-0.4, -0.2) is 47.2 Å². The van der Waals surface area contributed by atoms with Crippen LogP contribution in [0.4, 0.5) is 4.79 Å². The molecule has 1 fully saturated rings. The zero-order valence-corrected chi connectivity index (χ0v) is 22.1. The molecule has 3 N–H and O–H groups in total. The van der Waals surface area contributed by atoms with E-state index in [0.29, 0.717) is 34.5 Å². The quantitative estimate of drug-likeness (QED) is 0.424. The minimum atomic E-state index is -3.97. The van der Waals surface area contributed by atoms with Crippen molar-refractivity contribution >= 4 is 37.9 Å². The van der Waals surface area contributed by atoms with Gasteiger partial charge in [-0.2, -0.15) is 0 Å². The summed E-state index contributed by atoms with van der Waals surface area (Å²) in [7, 11) is -0.966. The molecule has 2 aromatic carbocycles. The van der Waals surface area contributed by atoms with Gasteiger partial charge in [-0.25, -0.2) is 17.9 Å². The fourth-order valence-corrected chi connectivity index (χ4v) is 5.37. The highest BCUT2D eigenvalue weighted by atomic mass is 79.9. The number of carbonyl (C=O) groups is 2. The molecule has 3 amide bonds. The number of rotatable bonds is 9. The highest BCUT2D eigenvalue weighted by molar-refractivity contribution is 9.10. The van der Waals surface area contributed by atoms with Gasteiger partial charge in [-0.3, -0.25) is 4.79 Å². The van der Waals surface area contributed by atoms with Gasteiger partial charge in [0.25, 0.3) is 15.9 Å². The Kier molecular flexibility index (Phi) is 9.39. The van der Waals surface area contributed by atoms with E-state index in [9.17, 15) is 18.0 Å². The van der Waals surface area contributed by atoms with Gasteiger partial charge in [-0.05, 0) is 65.0 Å². The summed E-state index contributed by atoms with van der Waals surface area (Å²) in [5.41, 5.74) is 1.22. The molecule has 0 saturated heterocycles. The van der Waals surface area contributed by atoms with E-state index in [4.69, 9.17) is 9.47 Å². The number of amides is 3. The van der Waals surface area contributed by atoms with Crippen LogP contribution in [0.3, 0.4) is 0 Å². The van der Waals surface area contributed by atoms with Crippen molar-refractivity contribution in [2.75, 3.05) is 20.8 Å². The predicted molar refractivity (Wildman–Crippen MR) is 135 cm³/mol. The third kappa shape index (κ3) is 7.35. The summed E-state index contributed by atoms with van der Waals surface area (Å²) in [5, 5.41) is 5.57. The van der Waals surface area contributed by atoms with Crippen LogP contribution in [0.5, 0.6) is 11.5 Å². The van der Waals surface area contributed by atoms with Crippen molar-refractivity contribution in [1.82, 2.24) is 15.4 Å². The number of urea groups is 1. The molecule has 1 aliphatic carbocycles. The highest BCUT2D eigenvalue weighted by Crippen LogP contribution is 2.35. The third-order valence-corrected chi connectivity index (χ3v) is 7.94. The van der Waals surface area contributed by atoms with Crippen LogP contribution in [0.1, 0.15) is 48.0 Å². The van der Waals surface area contributed by atoms with Crippen molar-refractivity contribution in [3.05, 3.63) is 52.0 Å². The Morgan fingerprint density at radius 3 is 2.17 bits per heavy atom. The second-order valence-electron chi connectivity index (χ2n) is 8.26. The number of methoxy groups -OCH3 is 2. The molecule has 0 aliphatic heterocycles. The van der Waals surface area contributed by atoms with Gasteiger partial charge < -0.3 is 20.1 Å². The normalized spacial score (nSPS) is 14.1. The lowest BCUT2D eigenvalue weighted by molar-refractivity contribution is 0.0953. The Bertz CT molecular complexity index is 1120. The summed E-state index contributed by atoms with van der Waals surface area (Å²) in [6, 6.07) is 8.73. The van der Waals surface area contributed by atoms with Crippen LogP contribution in [0.2, 0.25) is 0 Å². The number of sulfonamides is 1. The minimum absolute atomic E-state index is 0.00173. The predicted octanol–water partition coefficient (Wildman–Crippen LogP) is 3.76. The molecule has 1 aliphatic rings. The third-order valence-electron chi connectivity index (χ3n) is 5.81. The van der Waals surface area contributed by atoms with E-state index >= 15 is 0 Å². The average Bonchev–Trinajstić information content (AvgIpc) is 2.84. The summed E-state index contributed by atoms with van der Waals surface area (Å²) < 4.78 is 38.3. The largest absolute Gasteiger partial charge is 0.495 e. The summed E-state index contributed by atoms with van der Waals surface area (Å²) in [6.07, 6.45) is 5.42. The Morgan fingerprint density at radius 1 is 1.00 bits per heavy atom. The second-order valence-corrected chi connectivity index (χ2v) is 10.7. The van der Waals surface area contributed by atoms with E-state index in [1.807, 2.05) is 0 Å². The van der Waals surface area contributed by atoms with Crippen molar-refractivity contribution < 1.29 is 27.5 Å². The van der Waals surface area contributed by atoms with Crippen LogP contribution in [-0.2, 0) is 16.4 Å². The Hall–Kier alpha value is -2.79. The van der Waals surface area contributed by atoms with E-state index in [1.54, 1.807) is 24.3 Å². The molecule has 2 aromatic rings. The van der Waals surface area contributed by atoms with Crippen molar-refractivity contribution in [2.24, 2.45) is 0 Å².